The van der Waals surface area contributed by atoms with Crippen molar-refractivity contribution in [2.45, 2.75) is 26.4 Å². The molecule has 2 N–H and O–H groups in total. The summed E-state index contributed by atoms with van der Waals surface area (Å²) in [5.74, 6) is 0.529. The molecule has 68 valence electrons. The maximum atomic E-state index is 8.87. The Balaban J connectivity index is 3.13. The van der Waals surface area contributed by atoms with Crippen molar-refractivity contribution in [1.82, 2.24) is 0 Å². The normalized spacial score (nSPS) is 16.4. The van der Waals surface area contributed by atoms with Crippen LogP contribution >= 0.6 is 0 Å². The monoisotopic (exact) mass is 162 g/mol. The summed E-state index contributed by atoms with van der Waals surface area (Å²) in [6, 6.07) is 0. The highest BCUT2D eigenvalue weighted by atomic mass is 16.5. The van der Waals surface area contributed by atoms with Crippen molar-refractivity contribution < 1.29 is 14.9 Å². The summed E-state index contributed by atoms with van der Waals surface area (Å²) in [6.07, 6.45) is 0.355. The van der Waals surface area contributed by atoms with Crippen LogP contribution in [-0.2, 0) is 4.74 Å². The van der Waals surface area contributed by atoms with Gasteiger partial charge in [-0.05, 0) is 5.92 Å². The lowest BCUT2D eigenvalue weighted by Gasteiger charge is -2.11. The summed E-state index contributed by atoms with van der Waals surface area (Å²) in [5, 5.41) is 17.3. The second-order valence-electron chi connectivity index (χ2n) is 2.89. The Bertz CT molecular complexity index is 75.4. The molecule has 3 heteroatoms. The average Bonchev–Trinajstić information content (AvgIpc) is 2.04. The Labute approximate surface area is 68.0 Å². The first kappa shape index (κ1) is 10.9. The Morgan fingerprint density at radius 3 is 2.45 bits per heavy atom. The Hall–Kier alpha value is -0.120. The predicted octanol–water partition coefficient (Wildman–Crippen LogP) is 0.402. The van der Waals surface area contributed by atoms with Crippen LogP contribution in [0.3, 0.4) is 0 Å². The zero-order valence-corrected chi connectivity index (χ0v) is 7.29. The summed E-state index contributed by atoms with van der Waals surface area (Å²) in [4.78, 5) is 0. The first-order chi connectivity index (χ1) is 5.20. The molecule has 0 aromatic rings. The zero-order valence-electron chi connectivity index (χ0n) is 7.29. The van der Waals surface area contributed by atoms with Crippen molar-refractivity contribution in [1.29, 1.82) is 0 Å². The first-order valence-corrected chi connectivity index (χ1v) is 4.07. The lowest BCUT2D eigenvalue weighted by Crippen LogP contribution is -2.21. The molecular formula is C8H18O3. The maximum Gasteiger partial charge on any atom is 0.100 e. The molecule has 0 heterocycles. The molecule has 0 aliphatic heterocycles. The van der Waals surface area contributed by atoms with E-state index in [0.29, 0.717) is 12.5 Å². The Morgan fingerprint density at radius 1 is 1.36 bits per heavy atom. The standard InChI is InChI=1S/C8H18O3/c1-3-7(2)5-11-6-8(10)4-9/h7-10H,3-6H2,1-2H3. The molecule has 0 fully saturated rings. The molecule has 0 aliphatic carbocycles. The van der Waals surface area contributed by atoms with E-state index in [1.165, 1.54) is 0 Å². The number of hydrogen-bond donors (Lipinski definition) is 2. The van der Waals surface area contributed by atoms with Crippen LogP contribution in [0.1, 0.15) is 20.3 Å². The quantitative estimate of drug-likeness (QED) is 0.594. The Kier molecular flexibility index (Phi) is 6.51. The van der Waals surface area contributed by atoms with Gasteiger partial charge in [-0.1, -0.05) is 20.3 Å². The van der Waals surface area contributed by atoms with Crippen molar-refractivity contribution in [2.24, 2.45) is 5.92 Å². The van der Waals surface area contributed by atoms with Crippen molar-refractivity contribution in [3.05, 3.63) is 0 Å². The van der Waals surface area contributed by atoms with Crippen LogP contribution in [0.15, 0.2) is 0 Å². The molecule has 2 atom stereocenters. The molecule has 0 saturated carbocycles. The van der Waals surface area contributed by atoms with E-state index < -0.39 is 6.10 Å². The van der Waals surface area contributed by atoms with E-state index >= 15 is 0 Å². The lowest BCUT2D eigenvalue weighted by molar-refractivity contribution is -0.00320. The summed E-state index contributed by atoms with van der Waals surface area (Å²) in [6.45, 7) is 4.86. The topological polar surface area (TPSA) is 49.7 Å². The third-order valence-electron chi connectivity index (χ3n) is 1.62. The molecule has 0 rings (SSSR count). The second kappa shape index (κ2) is 6.58. The molecule has 0 aromatic heterocycles. The van der Waals surface area contributed by atoms with E-state index in [1.54, 1.807) is 0 Å². The number of aliphatic hydroxyl groups is 2. The van der Waals surface area contributed by atoms with Crippen LogP contribution in [0.5, 0.6) is 0 Å². The van der Waals surface area contributed by atoms with Crippen molar-refractivity contribution in [3.63, 3.8) is 0 Å². The zero-order chi connectivity index (χ0) is 8.69. The third-order valence-corrected chi connectivity index (χ3v) is 1.62. The molecule has 0 aromatic carbocycles. The summed E-state index contributed by atoms with van der Waals surface area (Å²) in [5.41, 5.74) is 0. The molecule has 0 amide bonds. The predicted molar refractivity (Wildman–Crippen MR) is 43.4 cm³/mol. The maximum absolute atomic E-state index is 8.87. The fourth-order valence-electron chi connectivity index (χ4n) is 0.576. The SMILES string of the molecule is CCC(C)COCC(O)CO. The molecule has 2 unspecified atom stereocenters. The van der Waals surface area contributed by atoms with Gasteiger partial charge in [0.25, 0.3) is 0 Å². The summed E-state index contributed by atoms with van der Waals surface area (Å²) < 4.78 is 5.13. The van der Waals surface area contributed by atoms with Gasteiger partial charge in [0.05, 0.1) is 13.2 Å². The van der Waals surface area contributed by atoms with Crippen LogP contribution in [0, 0.1) is 5.92 Å². The minimum Gasteiger partial charge on any atom is -0.394 e. The number of ether oxygens (including phenoxy) is 1. The van der Waals surface area contributed by atoms with Crippen LogP contribution in [0.4, 0.5) is 0 Å². The van der Waals surface area contributed by atoms with Crippen molar-refractivity contribution >= 4 is 0 Å². The van der Waals surface area contributed by atoms with Gasteiger partial charge in [0.2, 0.25) is 0 Å². The smallest absolute Gasteiger partial charge is 0.100 e. The molecule has 11 heavy (non-hydrogen) atoms. The van der Waals surface area contributed by atoms with Crippen molar-refractivity contribution in [2.75, 3.05) is 19.8 Å². The highest BCUT2D eigenvalue weighted by molar-refractivity contribution is 4.51. The first-order valence-electron chi connectivity index (χ1n) is 4.07. The van der Waals surface area contributed by atoms with Gasteiger partial charge in [-0.25, -0.2) is 0 Å². The van der Waals surface area contributed by atoms with Gasteiger partial charge in [-0.2, -0.15) is 0 Å². The third kappa shape index (κ3) is 6.28. The minimum absolute atomic E-state index is 0.222. The lowest BCUT2D eigenvalue weighted by atomic mass is 10.1. The molecule has 0 aliphatic rings. The largest absolute Gasteiger partial charge is 0.394 e. The number of aliphatic hydroxyl groups excluding tert-OH is 2. The fourth-order valence-corrected chi connectivity index (χ4v) is 0.576. The van der Waals surface area contributed by atoms with Crippen LogP contribution in [-0.4, -0.2) is 36.1 Å². The molecular weight excluding hydrogens is 144 g/mol. The fraction of sp³-hybridized carbons (Fsp3) is 1.00. The van der Waals surface area contributed by atoms with Crippen LogP contribution < -0.4 is 0 Å². The van der Waals surface area contributed by atoms with Gasteiger partial charge in [0, 0.05) is 6.61 Å². The van der Waals surface area contributed by atoms with Gasteiger partial charge in [-0.15, -0.1) is 0 Å². The highest BCUT2D eigenvalue weighted by Crippen LogP contribution is 2.00. The molecule has 0 saturated heterocycles. The molecule has 0 spiro atoms. The highest BCUT2D eigenvalue weighted by Gasteiger charge is 2.03. The van der Waals surface area contributed by atoms with Crippen LogP contribution in [0.2, 0.25) is 0 Å². The van der Waals surface area contributed by atoms with Gasteiger partial charge >= 0.3 is 0 Å². The van der Waals surface area contributed by atoms with E-state index in [2.05, 4.69) is 13.8 Å². The van der Waals surface area contributed by atoms with Gasteiger partial charge in [-0.3, -0.25) is 0 Å². The Morgan fingerprint density at radius 2 is 2.00 bits per heavy atom. The average molecular weight is 162 g/mol. The second-order valence-corrected chi connectivity index (χ2v) is 2.89. The minimum atomic E-state index is -0.723. The van der Waals surface area contributed by atoms with Gasteiger partial charge in [0.1, 0.15) is 6.10 Å². The molecule has 0 bridgehead atoms. The van der Waals surface area contributed by atoms with E-state index in [4.69, 9.17) is 14.9 Å². The van der Waals surface area contributed by atoms with Gasteiger partial charge in [0.15, 0.2) is 0 Å². The number of hydrogen-bond acceptors (Lipinski definition) is 3. The van der Waals surface area contributed by atoms with Crippen LogP contribution in [0.25, 0.3) is 0 Å². The van der Waals surface area contributed by atoms with E-state index in [-0.39, 0.29) is 13.2 Å². The van der Waals surface area contributed by atoms with E-state index in [1.807, 2.05) is 0 Å². The molecule has 0 radical (unpaired) electrons. The van der Waals surface area contributed by atoms with E-state index in [9.17, 15) is 0 Å². The summed E-state index contributed by atoms with van der Waals surface area (Å²) >= 11 is 0. The molecule has 3 nitrogen and oxygen atoms in total. The van der Waals surface area contributed by atoms with Gasteiger partial charge < -0.3 is 14.9 Å². The summed E-state index contributed by atoms with van der Waals surface area (Å²) in [7, 11) is 0. The van der Waals surface area contributed by atoms with E-state index in [0.717, 1.165) is 6.42 Å². The number of rotatable bonds is 6. The van der Waals surface area contributed by atoms with Crippen molar-refractivity contribution in [3.8, 4) is 0 Å².